The molecule has 3 rings (SSSR count). The molecule has 0 aliphatic carbocycles. The maximum atomic E-state index is 4.69. The van der Waals surface area contributed by atoms with E-state index in [4.69, 9.17) is 0 Å². The number of hydrogen-bond acceptors (Lipinski definition) is 3. The Bertz CT molecular complexity index is 555. The van der Waals surface area contributed by atoms with Crippen molar-refractivity contribution in [2.75, 3.05) is 25.4 Å². The fourth-order valence-electron chi connectivity index (χ4n) is 2.77. The highest BCUT2D eigenvalue weighted by molar-refractivity contribution is 7.99. The van der Waals surface area contributed by atoms with Gasteiger partial charge in [0, 0.05) is 12.3 Å². The summed E-state index contributed by atoms with van der Waals surface area (Å²) in [6.07, 6.45) is 4.15. The van der Waals surface area contributed by atoms with E-state index >= 15 is 0 Å². The lowest BCUT2D eigenvalue weighted by Crippen LogP contribution is -2.31. The van der Waals surface area contributed by atoms with Crippen LogP contribution in [0.15, 0.2) is 17.3 Å². The van der Waals surface area contributed by atoms with Gasteiger partial charge < -0.3 is 9.88 Å². The Labute approximate surface area is 149 Å². The molecule has 0 bridgehead atoms. The van der Waals surface area contributed by atoms with E-state index in [9.17, 15) is 0 Å². The molecule has 1 saturated heterocycles. The summed E-state index contributed by atoms with van der Waals surface area (Å²) in [5.41, 5.74) is 4.89. The summed E-state index contributed by atoms with van der Waals surface area (Å²) in [5, 5.41) is 1.06. The van der Waals surface area contributed by atoms with Gasteiger partial charge in [-0.1, -0.05) is 18.2 Å². The first kappa shape index (κ1) is 19.6. The summed E-state index contributed by atoms with van der Waals surface area (Å²) < 4.78 is 0. The van der Waals surface area contributed by atoms with Crippen LogP contribution in [-0.2, 0) is 0 Å². The third-order valence-electron chi connectivity index (χ3n) is 4.17. The Hall–Kier alpha value is -0.420. The van der Waals surface area contributed by atoms with Crippen LogP contribution in [0.3, 0.4) is 0 Å². The van der Waals surface area contributed by atoms with Crippen molar-refractivity contribution in [3.8, 4) is 0 Å². The van der Waals surface area contributed by atoms with Crippen LogP contribution in [0.4, 0.5) is 0 Å². The van der Waals surface area contributed by atoms with Gasteiger partial charge in [0.1, 0.15) is 0 Å². The van der Waals surface area contributed by atoms with Crippen LogP contribution in [0.1, 0.15) is 30.4 Å². The number of aromatic nitrogens is 2. The molecule has 0 radical (unpaired) electrons. The second kappa shape index (κ2) is 9.02. The Balaban J connectivity index is 0.00000121. The molecule has 0 unspecified atom stereocenters. The molecule has 0 atom stereocenters. The minimum atomic E-state index is 0. The van der Waals surface area contributed by atoms with Crippen LogP contribution in [-0.4, -0.2) is 40.3 Å². The van der Waals surface area contributed by atoms with Crippen molar-refractivity contribution in [1.29, 1.82) is 0 Å². The molecule has 2 heterocycles. The van der Waals surface area contributed by atoms with Crippen LogP contribution < -0.4 is 0 Å². The molecular weight excluding hydrogens is 337 g/mol. The minimum absolute atomic E-state index is 0. The molecule has 1 fully saturated rings. The average Bonchev–Trinajstić information content (AvgIpc) is 2.82. The van der Waals surface area contributed by atoms with Crippen molar-refractivity contribution < 1.29 is 0 Å². The Morgan fingerprint density at radius 1 is 1.09 bits per heavy atom. The number of rotatable bonds is 4. The van der Waals surface area contributed by atoms with Crippen molar-refractivity contribution in [2.24, 2.45) is 0 Å². The highest BCUT2D eigenvalue weighted by Crippen LogP contribution is 2.22. The normalized spacial score (nSPS) is 15.4. The van der Waals surface area contributed by atoms with Crippen LogP contribution in [0, 0.1) is 13.8 Å². The highest BCUT2D eigenvalue weighted by Gasteiger charge is 2.10. The van der Waals surface area contributed by atoms with Crippen molar-refractivity contribution in [1.82, 2.24) is 14.9 Å². The lowest BCUT2D eigenvalue weighted by molar-refractivity contribution is 0.242. The molecule has 0 amide bonds. The molecule has 2 aromatic rings. The van der Waals surface area contributed by atoms with Gasteiger partial charge in [0.2, 0.25) is 0 Å². The summed E-state index contributed by atoms with van der Waals surface area (Å²) >= 11 is 1.84. The first-order valence-electron chi connectivity index (χ1n) is 7.54. The van der Waals surface area contributed by atoms with Gasteiger partial charge in [-0.15, -0.1) is 24.8 Å². The van der Waals surface area contributed by atoms with Crippen molar-refractivity contribution in [3.05, 3.63) is 23.3 Å². The van der Waals surface area contributed by atoms with Crippen molar-refractivity contribution in [3.63, 3.8) is 0 Å². The third kappa shape index (κ3) is 4.79. The molecule has 1 aromatic carbocycles. The van der Waals surface area contributed by atoms with E-state index in [1.807, 2.05) is 11.8 Å². The molecule has 6 heteroatoms. The lowest BCUT2D eigenvalue weighted by atomic mass is 10.1. The van der Waals surface area contributed by atoms with Gasteiger partial charge in [-0.3, -0.25) is 0 Å². The Kier molecular flexibility index (Phi) is 8.04. The van der Waals surface area contributed by atoms with E-state index in [0.29, 0.717) is 0 Å². The molecule has 1 N–H and O–H groups in total. The lowest BCUT2D eigenvalue weighted by Gasteiger charge is -2.25. The highest BCUT2D eigenvalue weighted by atomic mass is 35.5. The van der Waals surface area contributed by atoms with Crippen LogP contribution in [0.5, 0.6) is 0 Å². The quantitative estimate of drug-likeness (QED) is 0.807. The minimum Gasteiger partial charge on any atom is -0.333 e. The van der Waals surface area contributed by atoms with E-state index < -0.39 is 0 Å². The number of benzene rings is 1. The zero-order valence-corrected chi connectivity index (χ0v) is 15.7. The maximum absolute atomic E-state index is 4.69. The first-order chi connectivity index (χ1) is 9.72. The molecule has 3 nitrogen and oxygen atoms in total. The number of halogens is 2. The number of H-pyrrole nitrogens is 1. The summed E-state index contributed by atoms with van der Waals surface area (Å²) in [6.45, 7) is 8.03. The van der Waals surface area contributed by atoms with Gasteiger partial charge in [-0.2, -0.15) is 0 Å². The molecule has 0 spiro atoms. The van der Waals surface area contributed by atoms with E-state index in [2.05, 4.69) is 40.8 Å². The zero-order chi connectivity index (χ0) is 13.9. The fraction of sp³-hybridized carbons (Fsp3) is 0.562. The van der Waals surface area contributed by atoms with Gasteiger partial charge >= 0.3 is 0 Å². The van der Waals surface area contributed by atoms with Gasteiger partial charge in [0.25, 0.3) is 0 Å². The smallest absolute Gasteiger partial charge is 0.166 e. The van der Waals surface area contributed by atoms with Crippen LogP contribution in [0.2, 0.25) is 0 Å². The first-order valence-corrected chi connectivity index (χ1v) is 8.53. The Morgan fingerprint density at radius 2 is 1.77 bits per heavy atom. The standard InChI is InChI=1S/C16H23N3S.2ClH/c1-12-10-14-15(11-13(12)2)18-16(17-14)20-9-8-19-6-4-3-5-7-19;;/h10-11H,3-9H2,1-2H3,(H,17,18);2*1H. The van der Waals surface area contributed by atoms with Gasteiger partial charge in [0.05, 0.1) is 11.0 Å². The maximum Gasteiger partial charge on any atom is 0.166 e. The topological polar surface area (TPSA) is 31.9 Å². The van der Waals surface area contributed by atoms with Crippen molar-refractivity contribution in [2.45, 2.75) is 38.3 Å². The van der Waals surface area contributed by atoms with E-state index in [1.54, 1.807) is 0 Å². The van der Waals surface area contributed by atoms with Gasteiger partial charge in [0.15, 0.2) is 5.16 Å². The fourth-order valence-corrected chi connectivity index (χ4v) is 3.66. The zero-order valence-electron chi connectivity index (χ0n) is 13.2. The summed E-state index contributed by atoms with van der Waals surface area (Å²) in [6, 6.07) is 4.38. The monoisotopic (exact) mass is 361 g/mol. The number of nitrogens with one attached hydrogen (secondary N) is 1. The molecule has 1 aliphatic heterocycles. The number of likely N-dealkylation sites (tertiary alicyclic amines) is 1. The largest absolute Gasteiger partial charge is 0.333 e. The molecular formula is C16H25Cl2N3S. The van der Waals surface area contributed by atoms with E-state index in [-0.39, 0.29) is 24.8 Å². The number of thioether (sulfide) groups is 1. The van der Waals surface area contributed by atoms with E-state index in [0.717, 1.165) is 21.9 Å². The number of fused-ring (bicyclic) bond motifs is 1. The van der Waals surface area contributed by atoms with Crippen LogP contribution in [0.25, 0.3) is 11.0 Å². The number of aryl methyl sites for hydroxylation is 2. The average molecular weight is 362 g/mol. The third-order valence-corrected chi connectivity index (χ3v) is 5.02. The molecule has 22 heavy (non-hydrogen) atoms. The number of nitrogens with zero attached hydrogens (tertiary/aromatic N) is 2. The molecule has 1 aliphatic rings. The van der Waals surface area contributed by atoms with Gasteiger partial charge in [-0.05, 0) is 63.0 Å². The predicted octanol–water partition coefficient (Wildman–Crippen LogP) is 4.60. The second-order valence-corrected chi connectivity index (χ2v) is 6.83. The molecule has 1 aromatic heterocycles. The number of piperidine rings is 1. The molecule has 0 saturated carbocycles. The van der Waals surface area contributed by atoms with Gasteiger partial charge in [-0.25, -0.2) is 4.98 Å². The van der Waals surface area contributed by atoms with E-state index in [1.165, 1.54) is 50.0 Å². The summed E-state index contributed by atoms with van der Waals surface area (Å²) in [7, 11) is 0. The predicted molar refractivity (Wildman–Crippen MR) is 101 cm³/mol. The summed E-state index contributed by atoms with van der Waals surface area (Å²) in [5.74, 6) is 1.12. The summed E-state index contributed by atoms with van der Waals surface area (Å²) in [4.78, 5) is 10.7. The van der Waals surface area contributed by atoms with Crippen LogP contribution >= 0.6 is 36.6 Å². The SMILES string of the molecule is Cc1cc2nc(SCCN3CCCCC3)[nH]c2cc1C.Cl.Cl. The number of aromatic amines is 1. The second-order valence-electron chi connectivity index (χ2n) is 5.75. The molecule has 124 valence electrons. The number of imidazole rings is 1. The van der Waals surface area contributed by atoms with Crippen molar-refractivity contribution >= 4 is 47.6 Å². The Morgan fingerprint density at radius 3 is 2.50 bits per heavy atom. The number of hydrogen-bond donors (Lipinski definition) is 1.